The molecule has 2 amide bonds. The van der Waals surface area contributed by atoms with Crippen LogP contribution < -0.4 is 10.6 Å². The van der Waals surface area contributed by atoms with Gasteiger partial charge >= 0.3 is 0 Å². The van der Waals surface area contributed by atoms with Crippen LogP contribution >= 0.6 is 0 Å². The van der Waals surface area contributed by atoms with Crippen molar-refractivity contribution < 1.29 is 14.0 Å². The van der Waals surface area contributed by atoms with Gasteiger partial charge in [-0.25, -0.2) is 9.37 Å². The maximum absolute atomic E-state index is 13.9. The molecular weight excluding hydrogens is 383 g/mol. The molecule has 1 aromatic heterocycles. The van der Waals surface area contributed by atoms with Crippen molar-refractivity contribution in [1.29, 1.82) is 0 Å². The van der Waals surface area contributed by atoms with Gasteiger partial charge in [-0.3, -0.25) is 9.59 Å². The smallest absolute Gasteiger partial charge is 0.244 e. The van der Waals surface area contributed by atoms with Gasteiger partial charge in [-0.1, -0.05) is 43.5 Å². The van der Waals surface area contributed by atoms with E-state index in [1.807, 2.05) is 24.3 Å². The van der Waals surface area contributed by atoms with E-state index in [0.29, 0.717) is 5.82 Å². The lowest BCUT2D eigenvalue weighted by molar-refractivity contribution is -0.126. The Morgan fingerprint density at radius 3 is 2.57 bits per heavy atom. The third-order valence-electron chi connectivity index (χ3n) is 5.58. The lowest BCUT2D eigenvalue weighted by Gasteiger charge is -2.20. The molecule has 1 aliphatic rings. The molecule has 2 N–H and O–H groups in total. The molecule has 0 atom stereocenters. The Balaban J connectivity index is 1.50. The highest BCUT2D eigenvalue weighted by Crippen LogP contribution is 2.24. The van der Waals surface area contributed by atoms with Crippen molar-refractivity contribution in [3.63, 3.8) is 0 Å². The van der Waals surface area contributed by atoms with E-state index in [9.17, 15) is 14.0 Å². The van der Waals surface area contributed by atoms with Crippen molar-refractivity contribution in [3.8, 4) is 0 Å². The zero-order valence-electron chi connectivity index (χ0n) is 16.7. The lowest BCUT2D eigenvalue weighted by atomic mass is 9.89. The first-order valence-electron chi connectivity index (χ1n) is 10.4. The number of amides is 2. The largest absolute Gasteiger partial charge is 0.349 e. The second-order valence-electron chi connectivity index (χ2n) is 7.68. The molecule has 3 aromatic rings. The van der Waals surface area contributed by atoms with Crippen LogP contribution in [0.15, 0.2) is 48.5 Å². The fourth-order valence-corrected chi connectivity index (χ4v) is 4.01. The number of hydrogen-bond acceptors (Lipinski definition) is 3. The predicted octanol–water partition coefficient (Wildman–Crippen LogP) is 4.01. The zero-order valence-corrected chi connectivity index (χ0v) is 16.7. The Bertz CT molecular complexity index is 1060. The molecule has 0 bridgehead atoms. The Kier molecular flexibility index (Phi) is 6.07. The Morgan fingerprint density at radius 2 is 1.77 bits per heavy atom. The van der Waals surface area contributed by atoms with E-state index in [-0.39, 0.29) is 36.5 Å². The van der Waals surface area contributed by atoms with Crippen LogP contribution in [0.3, 0.4) is 0 Å². The quantitative estimate of drug-likeness (QED) is 0.647. The van der Waals surface area contributed by atoms with Gasteiger partial charge in [-0.15, -0.1) is 0 Å². The number of halogens is 1. The van der Waals surface area contributed by atoms with Crippen molar-refractivity contribution in [2.75, 3.05) is 5.32 Å². The third-order valence-corrected chi connectivity index (χ3v) is 5.58. The molecule has 0 radical (unpaired) electrons. The van der Waals surface area contributed by atoms with Gasteiger partial charge in [0, 0.05) is 5.92 Å². The van der Waals surface area contributed by atoms with Crippen molar-refractivity contribution >= 4 is 28.5 Å². The van der Waals surface area contributed by atoms with Crippen LogP contribution in [0.1, 0.15) is 37.9 Å². The molecule has 30 heavy (non-hydrogen) atoms. The molecular formula is C23H25FN4O2. The molecule has 1 fully saturated rings. The summed E-state index contributed by atoms with van der Waals surface area (Å²) in [6.45, 7) is 0.223. The molecule has 0 unspecified atom stereocenters. The Hall–Kier alpha value is -3.22. The number of nitrogens with one attached hydrogen (secondary N) is 2. The molecule has 1 saturated carbocycles. The van der Waals surface area contributed by atoms with Crippen molar-refractivity contribution in [1.82, 2.24) is 14.9 Å². The molecule has 2 aromatic carbocycles. The molecule has 1 aliphatic carbocycles. The van der Waals surface area contributed by atoms with Crippen LogP contribution in [-0.4, -0.2) is 21.4 Å². The number of nitrogens with zero attached hydrogens (tertiary/aromatic N) is 2. The van der Waals surface area contributed by atoms with Crippen LogP contribution in [-0.2, 0) is 22.7 Å². The van der Waals surface area contributed by atoms with Crippen LogP contribution in [0.2, 0.25) is 0 Å². The van der Waals surface area contributed by atoms with Crippen molar-refractivity contribution in [2.24, 2.45) is 5.92 Å². The number of hydrogen-bond donors (Lipinski definition) is 2. The standard InChI is InChI=1S/C23H25FN4O2/c24-17-10-4-5-11-18(17)27-22(29)15-28-20-13-7-6-12-19(20)26-21(28)14-25-23(30)16-8-2-1-3-9-16/h4-7,10-13,16H,1-3,8-9,14-15H2,(H,25,30)(H,27,29). The van der Waals surface area contributed by atoms with Crippen LogP contribution in [0.5, 0.6) is 0 Å². The van der Waals surface area contributed by atoms with Gasteiger partial charge in [0.25, 0.3) is 0 Å². The summed E-state index contributed by atoms with van der Waals surface area (Å²) in [5, 5.41) is 5.60. The Morgan fingerprint density at radius 1 is 1.03 bits per heavy atom. The molecule has 156 valence electrons. The first-order valence-corrected chi connectivity index (χ1v) is 10.4. The van der Waals surface area contributed by atoms with E-state index >= 15 is 0 Å². The summed E-state index contributed by atoms with van der Waals surface area (Å²) in [6, 6.07) is 13.6. The van der Waals surface area contributed by atoms with E-state index in [0.717, 1.165) is 36.7 Å². The number of imidazole rings is 1. The summed E-state index contributed by atoms with van der Waals surface area (Å²) in [4.78, 5) is 29.7. The number of benzene rings is 2. The Labute approximate surface area is 174 Å². The summed E-state index contributed by atoms with van der Waals surface area (Å²) in [5.74, 6) is -0.140. The fraction of sp³-hybridized carbons (Fsp3) is 0.348. The van der Waals surface area contributed by atoms with Gasteiger partial charge in [0.05, 0.1) is 23.3 Å². The number of aromatic nitrogens is 2. The average Bonchev–Trinajstić information content (AvgIpc) is 3.11. The topological polar surface area (TPSA) is 76.0 Å². The highest BCUT2D eigenvalue weighted by atomic mass is 19.1. The highest BCUT2D eigenvalue weighted by Gasteiger charge is 2.22. The lowest BCUT2D eigenvalue weighted by Crippen LogP contribution is -2.32. The van der Waals surface area contributed by atoms with Gasteiger partial charge in [0.15, 0.2) is 0 Å². The van der Waals surface area contributed by atoms with E-state index in [1.54, 1.807) is 16.7 Å². The van der Waals surface area contributed by atoms with E-state index in [4.69, 9.17) is 0 Å². The average molecular weight is 408 g/mol. The molecule has 0 saturated heterocycles. The van der Waals surface area contributed by atoms with Gasteiger partial charge in [-0.05, 0) is 37.1 Å². The zero-order chi connectivity index (χ0) is 20.9. The van der Waals surface area contributed by atoms with Crippen LogP contribution in [0.4, 0.5) is 10.1 Å². The number of para-hydroxylation sites is 3. The number of rotatable bonds is 6. The maximum atomic E-state index is 13.9. The first kappa shape index (κ1) is 20.1. The van der Waals surface area contributed by atoms with Gasteiger partial charge in [-0.2, -0.15) is 0 Å². The second kappa shape index (κ2) is 9.07. The normalized spacial score (nSPS) is 14.6. The van der Waals surface area contributed by atoms with Crippen LogP contribution in [0.25, 0.3) is 11.0 Å². The second-order valence-corrected chi connectivity index (χ2v) is 7.68. The number of carbonyl (C=O) groups is 2. The summed E-state index contributed by atoms with van der Waals surface area (Å²) < 4.78 is 15.6. The number of fused-ring (bicyclic) bond motifs is 1. The van der Waals surface area contributed by atoms with Gasteiger partial charge in [0.2, 0.25) is 11.8 Å². The molecule has 1 heterocycles. The monoisotopic (exact) mass is 408 g/mol. The van der Waals surface area contributed by atoms with Crippen molar-refractivity contribution in [3.05, 3.63) is 60.2 Å². The summed E-state index contributed by atoms with van der Waals surface area (Å²) in [6.07, 6.45) is 5.22. The van der Waals surface area contributed by atoms with Gasteiger partial charge < -0.3 is 15.2 Å². The van der Waals surface area contributed by atoms with Crippen LogP contribution in [0, 0.1) is 11.7 Å². The summed E-state index contributed by atoms with van der Waals surface area (Å²) in [5.41, 5.74) is 1.68. The summed E-state index contributed by atoms with van der Waals surface area (Å²) >= 11 is 0. The SMILES string of the molecule is O=C(Cn1c(CNC(=O)C2CCCCC2)nc2ccccc21)Nc1ccccc1F. The first-order chi connectivity index (χ1) is 14.6. The number of anilines is 1. The number of carbonyl (C=O) groups excluding carboxylic acids is 2. The van der Waals surface area contributed by atoms with Crippen molar-refractivity contribution in [2.45, 2.75) is 45.2 Å². The maximum Gasteiger partial charge on any atom is 0.244 e. The molecule has 7 heteroatoms. The van der Waals surface area contributed by atoms with E-state index in [2.05, 4.69) is 15.6 Å². The van der Waals surface area contributed by atoms with E-state index < -0.39 is 5.82 Å². The fourth-order valence-electron chi connectivity index (χ4n) is 4.01. The van der Waals surface area contributed by atoms with E-state index in [1.165, 1.54) is 18.6 Å². The summed E-state index contributed by atoms with van der Waals surface area (Å²) in [7, 11) is 0. The molecule has 4 rings (SSSR count). The minimum atomic E-state index is -0.485. The predicted molar refractivity (Wildman–Crippen MR) is 113 cm³/mol. The molecule has 6 nitrogen and oxygen atoms in total. The van der Waals surface area contributed by atoms with Gasteiger partial charge in [0.1, 0.15) is 18.2 Å². The highest BCUT2D eigenvalue weighted by molar-refractivity contribution is 5.92. The molecule has 0 aliphatic heterocycles. The minimum absolute atomic E-state index is 0.0243. The molecule has 0 spiro atoms. The minimum Gasteiger partial charge on any atom is -0.349 e. The third kappa shape index (κ3) is 4.50.